The van der Waals surface area contributed by atoms with E-state index in [1.165, 1.54) is 12.2 Å². The molecular weight excluding hydrogens is 204 g/mol. The van der Waals surface area contributed by atoms with E-state index in [2.05, 4.69) is 6.58 Å². The smallest absolute Gasteiger partial charge is 0.334 e. The second-order valence-electron chi connectivity index (χ2n) is 2.91. The maximum Gasteiger partial charge on any atom is 0.334 e. The SMILES string of the molecule is C=C(C)C(=O)OC1CSCCCS1. The first-order valence-electron chi connectivity index (χ1n) is 4.26. The van der Waals surface area contributed by atoms with Gasteiger partial charge < -0.3 is 4.74 Å². The first-order valence-corrected chi connectivity index (χ1v) is 6.46. The Morgan fingerprint density at radius 3 is 3.00 bits per heavy atom. The van der Waals surface area contributed by atoms with Crippen LogP contribution in [0.1, 0.15) is 13.3 Å². The van der Waals surface area contributed by atoms with E-state index in [4.69, 9.17) is 4.74 Å². The molecule has 0 aromatic heterocycles. The van der Waals surface area contributed by atoms with Gasteiger partial charge in [0.05, 0.1) is 0 Å². The van der Waals surface area contributed by atoms with E-state index in [-0.39, 0.29) is 11.4 Å². The summed E-state index contributed by atoms with van der Waals surface area (Å²) in [6.07, 6.45) is 1.20. The number of carbonyl (C=O) groups is 1. The number of esters is 1. The lowest BCUT2D eigenvalue weighted by Crippen LogP contribution is -2.17. The van der Waals surface area contributed by atoms with Crippen molar-refractivity contribution in [2.24, 2.45) is 0 Å². The monoisotopic (exact) mass is 218 g/mol. The van der Waals surface area contributed by atoms with Gasteiger partial charge in [-0.05, 0) is 24.9 Å². The highest BCUT2D eigenvalue weighted by molar-refractivity contribution is 8.03. The second kappa shape index (κ2) is 5.60. The molecule has 1 saturated heterocycles. The predicted molar refractivity (Wildman–Crippen MR) is 59.1 cm³/mol. The number of carbonyl (C=O) groups excluding carboxylic acids is 1. The van der Waals surface area contributed by atoms with Crippen molar-refractivity contribution >= 4 is 29.5 Å². The van der Waals surface area contributed by atoms with Crippen LogP contribution in [0.2, 0.25) is 0 Å². The predicted octanol–water partition coefficient (Wildman–Crippen LogP) is 2.30. The van der Waals surface area contributed by atoms with Gasteiger partial charge in [-0.1, -0.05) is 6.58 Å². The van der Waals surface area contributed by atoms with Gasteiger partial charge in [-0.25, -0.2) is 4.79 Å². The van der Waals surface area contributed by atoms with E-state index in [0.29, 0.717) is 5.57 Å². The zero-order valence-corrected chi connectivity index (χ0v) is 9.38. The van der Waals surface area contributed by atoms with Crippen molar-refractivity contribution in [3.8, 4) is 0 Å². The Morgan fingerprint density at radius 1 is 1.54 bits per heavy atom. The molecule has 0 saturated carbocycles. The molecule has 0 N–H and O–H groups in total. The van der Waals surface area contributed by atoms with Crippen LogP contribution in [0.25, 0.3) is 0 Å². The molecule has 0 bridgehead atoms. The molecule has 4 heteroatoms. The third-order valence-corrected chi connectivity index (χ3v) is 4.06. The van der Waals surface area contributed by atoms with E-state index in [9.17, 15) is 4.79 Å². The Hall–Kier alpha value is -0.0900. The summed E-state index contributed by atoms with van der Waals surface area (Å²) in [5.41, 5.74) is 0.506. The average Bonchev–Trinajstić information content (AvgIpc) is 2.32. The zero-order chi connectivity index (χ0) is 9.68. The molecule has 1 heterocycles. The first kappa shape index (κ1) is 11.0. The van der Waals surface area contributed by atoms with Crippen LogP contribution < -0.4 is 0 Å². The molecule has 1 rings (SSSR count). The zero-order valence-electron chi connectivity index (χ0n) is 7.75. The van der Waals surface area contributed by atoms with Gasteiger partial charge in [0, 0.05) is 11.3 Å². The van der Waals surface area contributed by atoms with Gasteiger partial charge in [0.25, 0.3) is 0 Å². The van der Waals surface area contributed by atoms with Crippen LogP contribution in [-0.2, 0) is 9.53 Å². The average molecular weight is 218 g/mol. The molecule has 13 heavy (non-hydrogen) atoms. The van der Waals surface area contributed by atoms with E-state index >= 15 is 0 Å². The van der Waals surface area contributed by atoms with Gasteiger partial charge >= 0.3 is 5.97 Å². The Kier molecular flexibility index (Phi) is 4.73. The Labute approximate surface area is 87.5 Å². The minimum Gasteiger partial charge on any atom is -0.447 e. The van der Waals surface area contributed by atoms with E-state index in [0.717, 1.165) is 11.5 Å². The lowest BCUT2D eigenvalue weighted by molar-refractivity contribution is -0.139. The Balaban J connectivity index is 2.33. The van der Waals surface area contributed by atoms with Crippen LogP contribution in [0, 0.1) is 0 Å². The third-order valence-electron chi connectivity index (χ3n) is 1.58. The molecular formula is C9H14O2S2. The summed E-state index contributed by atoms with van der Waals surface area (Å²) in [7, 11) is 0. The summed E-state index contributed by atoms with van der Waals surface area (Å²) < 4.78 is 5.24. The van der Waals surface area contributed by atoms with Crippen LogP contribution >= 0.6 is 23.5 Å². The molecule has 1 atom stereocenters. The van der Waals surface area contributed by atoms with Crippen LogP contribution in [0.3, 0.4) is 0 Å². The molecule has 1 unspecified atom stereocenters. The lowest BCUT2D eigenvalue weighted by atomic mass is 10.4. The van der Waals surface area contributed by atoms with E-state index in [1.54, 1.807) is 18.7 Å². The van der Waals surface area contributed by atoms with Crippen molar-refractivity contribution in [3.63, 3.8) is 0 Å². The standard InChI is InChI=1S/C9H14O2S2/c1-7(2)9(10)11-8-6-12-4-3-5-13-8/h8H,1,3-6H2,2H3. The van der Waals surface area contributed by atoms with Gasteiger partial charge in [-0.2, -0.15) is 11.8 Å². The minimum absolute atomic E-state index is 0.0247. The van der Waals surface area contributed by atoms with Gasteiger partial charge in [-0.3, -0.25) is 0 Å². The quantitative estimate of drug-likeness (QED) is 0.525. The number of hydrogen-bond donors (Lipinski definition) is 0. The van der Waals surface area contributed by atoms with Crippen molar-refractivity contribution in [1.29, 1.82) is 0 Å². The number of ether oxygens (including phenoxy) is 1. The van der Waals surface area contributed by atoms with Crippen LogP contribution in [0.15, 0.2) is 12.2 Å². The number of thioether (sulfide) groups is 2. The number of rotatable bonds is 2. The van der Waals surface area contributed by atoms with E-state index < -0.39 is 0 Å². The van der Waals surface area contributed by atoms with Gasteiger partial charge in [0.15, 0.2) is 5.44 Å². The molecule has 2 nitrogen and oxygen atoms in total. The van der Waals surface area contributed by atoms with Gasteiger partial charge in [0.2, 0.25) is 0 Å². The largest absolute Gasteiger partial charge is 0.447 e. The molecule has 1 aliphatic heterocycles. The van der Waals surface area contributed by atoms with Crippen molar-refractivity contribution < 1.29 is 9.53 Å². The van der Waals surface area contributed by atoms with Crippen molar-refractivity contribution in [1.82, 2.24) is 0 Å². The molecule has 74 valence electrons. The molecule has 0 radical (unpaired) electrons. The summed E-state index contributed by atoms with van der Waals surface area (Å²) in [4.78, 5) is 11.2. The van der Waals surface area contributed by atoms with Crippen molar-refractivity contribution in [2.75, 3.05) is 17.3 Å². The normalized spacial score (nSPS) is 23.3. The highest BCUT2D eigenvalue weighted by atomic mass is 32.2. The third kappa shape index (κ3) is 4.09. The molecule has 0 amide bonds. The molecule has 0 spiro atoms. The van der Waals surface area contributed by atoms with Gasteiger partial charge in [-0.15, -0.1) is 11.8 Å². The highest BCUT2D eigenvalue weighted by Crippen LogP contribution is 2.24. The van der Waals surface area contributed by atoms with Crippen molar-refractivity contribution in [3.05, 3.63) is 12.2 Å². The maximum atomic E-state index is 11.2. The Morgan fingerprint density at radius 2 is 2.31 bits per heavy atom. The molecule has 0 aliphatic carbocycles. The summed E-state index contributed by atoms with van der Waals surface area (Å²) in [5, 5.41) is 0. The number of hydrogen-bond acceptors (Lipinski definition) is 4. The minimum atomic E-state index is -0.264. The fourth-order valence-corrected chi connectivity index (χ4v) is 3.25. The Bertz CT molecular complexity index is 196. The van der Waals surface area contributed by atoms with Crippen LogP contribution in [-0.4, -0.2) is 28.7 Å². The van der Waals surface area contributed by atoms with Crippen LogP contribution in [0.5, 0.6) is 0 Å². The first-order chi connectivity index (χ1) is 6.20. The fourth-order valence-electron chi connectivity index (χ4n) is 0.891. The molecule has 0 aromatic rings. The maximum absolute atomic E-state index is 11.2. The lowest BCUT2D eigenvalue weighted by Gasteiger charge is -2.13. The summed E-state index contributed by atoms with van der Waals surface area (Å²) in [6, 6.07) is 0. The highest BCUT2D eigenvalue weighted by Gasteiger charge is 2.17. The van der Waals surface area contributed by atoms with Crippen LogP contribution in [0.4, 0.5) is 0 Å². The summed E-state index contributed by atoms with van der Waals surface area (Å²) >= 11 is 3.57. The topological polar surface area (TPSA) is 26.3 Å². The fraction of sp³-hybridized carbons (Fsp3) is 0.667. The second-order valence-corrected chi connectivity index (χ2v) is 5.33. The van der Waals surface area contributed by atoms with E-state index in [1.807, 2.05) is 11.8 Å². The molecule has 1 fully saturated rings. The molecule has 0 aromatic carbocycles. The summed E-state index contributed by atoms with van der Waals surface area (Å²) in [6.45, 7) is 5.23. The van der Waals surface area contributed by atoms with Gasteiger partial charge in [0.1, 0.15) is 0 Å². The van der Waals surface area contributed by atoms with Crippen molar-refractivity contribution in [2.45, 2.75) is 18.8 Å². The molecule has 1 aliphatic rings. The summed E-state index contributed by atoms with van der Waals surface area (Å²) in [5.74, 6) is 2.90.